The molecule has 0 saturated heterocycles. The van der Waals surface area contributed by atoms with Gasteiger partial charge in [0.1, 0.15) is 0 Å². The molecular weight excluding hydrogens is 268 g/mol. The summed E-state index contributed by atoms with van der Waals surface area (Å²) in [5, 5.41) is 22.8. The highest BCUT2D eigenvalue weighted by molar-refractivity contribution is 5.70. The number of rotatable bonds is 8. The van der Waals surface area contributed by atoms with E-state index < -0.39 is 11.6 Å². The maximum Gasteiger partial charge on any atom is 0.306 e. The van der Waals surface area contributed by atoms with Gasteiger partial charge in [-0.1, -0.05) is 0 Å². The van der Waals surface area contributed by atoms with E-state index >= 15 is 0 Å². The van der Waals surface area contributed by atoms with Crippen LogP contribution in [0.4, 0.5) is 0 Å². The lowest BCUT2D eigenvalue weighted by Crippen LogP contribution is -2.47. The first-order chi connectivity index (χ1) is 9.75. The second-order valence-corrected chi connectivity index (χ2v) is 6.94. The molecule has 0 aromatic heterocycles. The van der Waals surface area contributed by atoms with Crippen molar-refractivity contribution in [1.29, 1.82) is 0 Å². The summed E-state index contributed by atoms with van der Waals surface area (Å²) in [5.41, 5.74) is -0.730. The van der Waals surface area contributed by atoms with Crippen molar-refractivity contribution in [3.63, 3.8) is 0 Å². The van der Waals surface area contributed by atoms with Gasteiger partial charge < -0.3 is 15.5 Å². The largest absolute Gasteiger partial charge is 0.481 e. The third-order valence-electron chi connectivity index (χ3n) is 4.59. The van der Waals surface area contributed by atoms with Crippen LogP contribution in [0, 0.1) is 5.92 Å². The summed E-state index contributed by atoms with van der Waals surface area (Å²) in [6, 6.07) is 1.03. The van der Waals surface area contributed by atoms with Gasteiger partial charge in [-0.2, -0.15) is 0 Å². The fraction of sp³-hybridized carbons (Fsp3) is 0.938. The Morgan fingerprint density at radius 2 is 1.76 bits per heavy atom. The van der Waals surface area contributed by atoms with E-state index in [2.05, 4.69) is 37.9 Å². The molecular formula is C16H32N2O3. The quantitative estimate of drug-likeness (QED) is 0.595. The molecule has 1 fully saturated rings. The highest BCUT2D eigenvalue weighted by Crippen LogP contribution is 2.31. The monoisotopic (exact) mass is 300 g/mol. The molecule has 0 aromatic carbocycles. The zero-order valence-electron chi connectivity index (χ0n) is 13.9. The molecule has 0 atom stereocenters. The lowest BCUT2D eigenvalue weighted by atomic mass is 9.79. The number of nitrogens with one attached hydrogen (secondary N) is 1. The van der Waals surface area contributed by atoms with E-state index in [0.717, 1.165) is 13.1 Å². The molecule has 0 aliphatic heterocycles. The van der Waals surface area contributed by atoms with Gasteiger partial charge in [0.15, 0.2) is 0 Å². The number of hydrogen-bond donors (Lipinski definition) is 3. The molecule has 1 aliphatic carbocycles. The van der Waals surface area contributed by atoms with Crippen LogP contribution in [0.3, 0.4) is 0 Å². The van der Waals surface area contributed by atoms with Gasteiger partial charge in [0.05, 0.1) is 11.5 Å². The first-order valence-corrected chi connectivity index (χ1v) is 8.17. The zero-order chi connectivity index (χ0) is 16.0. The Kier molecular flexibility index (Phi) is 7.10. The zero-order valence-corrected chi connectivity index (χ0v) is 13.9. The summed E-state index contributed by atoms with van der Waals surface area (Å²) in [7, 11) is 0. The number of carboxylic acids is 1. The predicted octanol–water partition coefficient (Wildman–Crippen LogP) is 1.70. The SMILES string of the molecule is CC(C)N(CCNCC1(O)CCC(C(=O)O)CC1)C(C)C. The van der Waals surface area contributed by atoms with Crippen molar-refractivity contribution >= 4 is 5.97 Å². The Morgan fingerprint density at radius 1 is 1.24 bits per heavy atom. The minimum Gasteiger partial charge on any atom is -0.481 e. The van der Waals surface area contributed by atoms with E-state index in [-0.39, 0.29) is 5.92 Å². The number of hydrogen-bond acceptors (Lipinski definition) is 4. The fourth-order valence-electron chi connectivity index (χ4n) is 3.22. The van der Waals surface area contributed by atoms with E-state index in [0.29, 0.717) is 44.3 Å². The average Bonchev–Trinajstić information content (AvgIpc) is 2.37. The van der Waals surface area contributed by atoms with Crippen molar-refractivity contribution in [3.05, 3.63) is 0 Å². The van der Waals surface area contributed by atoms with Gasteiger partial charge in [-0.15, -0.1) is 0 Å². The van der Waals surface area contributed by atoms with Gasteiger partial charge in [0, 0.05) is 31.7 Å². The van der Waals surface area contributed by atoms with Crippen molar-refractivity contribution in [2.75, 3.05) is 19.6 Å². The number of nitrogens with zero attached hydrogens (tertiary/aromatic N) is 1. The van der Waals surface area contributed by atoms with Crippen LogP contribution in [0.1, 0.15) is 53.4 Å². The Morgan fingerprint density at radius 3 is 2.19 bits per heavy atom. The Balaban J connectivity index is 2.28. The van der Waals surface area contributed by atoms with Gasteiger partial charge in [-0.05, 0) is 53.4 Å². The maximum absolute atomic E-state index is 10.9. The van der Waals surface area contributed by atoms with E-state index in [9.17, 15) is 9.90 Å². The first kappa shape index (κ1) is 18.4. The summed E-state index contributed by atoms with van der Waals surface area (Å²) in [5.74, 6) is -1.00. The molecule has 0 heterocycles. The van der Waals surface area contributed by atoms with Crippen LogP contribution in [0.15, 0.2) is 0 Å². The minimum absolute atomic E-state index is 0.275. The number of aliphatic hydroxyl groups is 1. The minimum atomic E-state index is -0.730. The summed E-state index contributed by atoms with van der Waals surface area (Å²) in [6.45, 7) is 11.1. The van der Waals surface area contributed by atoms with E-state index in [1.165, 1.54) is 0 Å². The van der Waals surface area contributed by atoms with Crippen LogP contribution in [0.2, 0.25) is 0 Å². The van der Waals surface area contributed by atoms with E-state index in [4.69, 9.17) is 5.11 Å². The second-order valence-electron chi connectivity index (χ2n) is 6.94. The van der Waals surface area contributed by atoms with Crippen LogP contribution < -0.4 is 5.32 Å². The second kappa shape index (κ2) is 8.11. The Bertz CT molecular complexity index is 315. The molecule has 0 radical (unpaired) electrons. The smallest absolute Gasteiger partial charge is 0.306 e. The lowest BCUT2D eigenvalue weighted by Gasteiger charge is -2.35. The predicted molar refractivity (Wildman–Crippen MR) is 84.4 cm³/mol. The van der Waals surface area contributed by atoms with Crippen LogP contribution >= 0.6 is 0 Å². The number of carboxylic acid groups (broad SMARTS) is 1. The van der Waals surface area contributed by atoms with Crippen LogP contribution in [-0.2, 0) is 4.79 Å². The molecule has 0 amide bonds. The fourth-order valence-corrected chi connectivity index (χ4v) is 3.22. The maximum atomic E-state index is 10.9. The van der Waals surface area contributed by atoms with Gasteiger partial charge in [0.25, 0.3) is 0 Å². The Hall–Kier alpha value is -0.650. The molecule has 1 rings (SSSR count). The highest BCUT2D eigenvalue weighted by Gasteiger charge is 2.35. The average molecular weight is 300 g/mol. The van der Waals surface area contributed by atoms with Gasteiger partial charge >= 0.3 is 5.97 Å². The van der Waals surface area contributed by atoms with Crippen molar-refractivity contribution in [2.45, 2.75) is 71.1 Å². The summed E-state index contributed by atoms with van der Waals surface area (Å²) in [4.78, 5) is 13.3. The molecule has 5 heteroatoms. The summed E-state index contributed by atoms with van der Waals surface area (Å²) < 4.78 is 0. The molecule has 1 saturated carbocycles. The van der Waals surface area contributed by atoms with Crippen molar-refractivity contribution in [3.8, 4) is 0 Å². The van der Waals surface area contributed by atoms with Gasteiger partial charge in [-0.3, -0.25) is 9.69 Å². The number of aliphatic carboxylic acids is 1. The van der Waals surface area contributed by atoms with Crippen molar-refractivity contribution < 1.29 is 15.0 Å². The van der Waals surface area contributed by atoms with Gasteiger partial charge in [-0.25, -0.2) is 0 Å². The van der Waals surface area contributed by atoms with E-state index in [1.807, 2.05) is 0 Å². The third-order valence-corrected chi connectivity index (χ3v) is 4.59. The molecule has 0 aromatic rings. The van der Waals surface area contributed by atoms with Crippen LogP contribution in [0.5, 0.6) is 0 Å². The van der Waals surface area contributed by atoms with Crippen molar-refractivity contribution in [2.24, 2.45) is 5.92 Å². The highest BCUT2D eigenvalue weighted by atomic mass is 16.4. The molecule has 124 valence electrons. The molecule has 0 spiro atoms. The van der Waals surface area contributed by atoms with Crippen molar-refractivity contribution in [1.82, 2.24) is 10.2 Å². The van der Waals surface area contributed by atoms with E-state index in [1.54, 1.807) is 0 Å². The van der Waals surface area contributed by atoms with Gasteiger partial charge in [0.2, 0.25) is 0 Å². The first-order valence-electron chi connectivity index (χ1n) is 8.17. The summed E-state index contributed by atoms with van der Waals surface area (Å²) >= 11 is 0. The molecule has 21 heavy (non-hydrogen) atoms. The Labute approximate surface area is 128 Å². The summed E-state index contributed by atoms with van der Waals surface area (Å²) in [6.07, 6.45) is 2.32. The molecule has 0 bridgehead atoms. The standard InChI is InChI=1S/C16H32N2O3/c1-12(2)18(13(3)4)10-9-17-11-16(21)7-5-14(6-8-16)15(19)20/h12-14,17,21H,5-11H2,1-4H3,(H,19,20). The molecule has 0 unspecified atom stereocenters. The number of carbonyl (C=O) groups is 1. The molecule has 5 nitrogen and oxygen atoms in total. The van der Waals surface area contributed by atoms with Crippen LogP contribution in [-0.4, -0.2) is 58.4 Å². The lowest BCUT2D eigenvalue weighted by molar-refractivity contribution is -0.144. The molecule has 1 aliphatic rings. The normalized spacial score (nSPS) is 26.8. The van der Waals surface area contributed by atoms with Crippen LogP contribution in [0.25, 0.3) is 0 Å². The topological polar surface area (TPSA) is 72.8 Å². The molecule has 3 N–H and O–H groups in total. The third kappa shape index (κ3) is 5.93.